The molecule has 0 radical (unpaired) electrons. The fraction of sp³-hybridized carbons (Fsp3) is 0.0909. The predicted octanol–water partition coefficient (Wildman–Crippen LogP) is 4.81. The van der Waals surface area contributed by atoms with E-state index in [1.54, 1.807) is 30.3 Å². The van der Waals surface area contributed by atoms with Gasteiger partial charge in [0.25, 0.3) is 0 Å². The van der Waals surface area contributed by atoms with Gasteiger partial charge in [-0.15, -0.1) is 0 Å². The molecule has 5 aromatic rings. The molecule has 0 spiro atoms. The molecular weight excluding hydrogens is 699 g/mol. The molecule has 0 aliphatic carbocycles. The maximum atomic E-state index is 13.0. The summed E-state index contributed by atoms with van der Waals surface area (Å²) in [6.45, 7) is 0. The van der Waals surface area contributed by atoms with Crippen LogP contribution in [0.1, 0.15) is 11.4 Å². The Balaban J connectivity index is 0.00000336. The SMILES string of the molecule is FC(F)(F)c1cc(-c2ccnc(N(c3ccccc3)c3nccc(-c4cc(C(F)(F)F)n[n-]4)n3)n2)[n-]n1.[Pt+2]. The predicted molar refractivity (Wildman–Crippen MR) is 115 cm³/mol. The summed E-state index contributed by atoms with van der Waals surface area (Å²) >= 11 is 0. The number of rotatable bonds is 5. The number of nitrogens with zero attached hydrogens (tertiary/aromatic N) is 9. The van der Waals surface area contributed by atoms with Crippen LogP contribution in [0.5, 0.6) is 0 Å². The second-order valence-corrected chi connectivity index (χ2v) is 7.38. The zero-order chi connectivity index (χ0) is 26.2. The van der Waals surface area contributed by atoms with Crippen LogP contribution in [0, 0.1) is 0 Å². The van der Waals surface area contributed by atoms with E-state index in [1.807, 2.05) is 0 Å². The summed E-state index contributed by atoms with van der Waals surface area (Å²) in [5, 5.41) is 13.4. The quantitative estimate of drug-likeness (QED) is 0.238. The minimum Gasteiger partial charge on any atom is -0.573 e. The number of hydrogen-bond donors (Lipinski definition) is 0. The van der Waals surface area contributed by atoms with Crippen molar-refractivity contribution in [1.82, 2.24) is 40.3 Å². The van der Waals surface area contributed by atoms with E-state index >= 15 is 0 Å². The zero-order valence-corrected chi connectivity index (χ0v) is 20.7. The first-order chi connectivity index (χ1) is 17.6. The summed E-state index contributed by atoms with van der Waals surface area (Å²) in [5.41, 5.74) is -2.06. The van der Waals surface area contributed by atoms with Crippen LogP contribution in [0.3, 0.4) is 0 Å². The Hall–Kier alpha value is -4.13. The Labute approximate surface area is 223 Å². The summed E-state index contributed by atoms with van der Waals surface area (Å²) in [4.78, 5) is 18.4. The number of hydrogen-bond acceptors (Lipinski definition) is 7. The minimum absolute atomic E-state index is 0. The van der Waals surface area contributed by atoms with Gasteiger partial charge in [0.05, 0.1) is 17.1 Å². The van der Waals surface area contributed by atoms with E-state index in [0.29, 0.717) is 5.69 Å². The van der Waals surface area contributed by atoms with E-state index in [-0.39, 0.29) is 55.7 Å². The van der Waals surface area contributed by atoms with Crippen molar-refractivity contribution < 1.29 is 47.4 Å². The summed E-state index contributed by atoms with van der Waals surface area (Å²) < 4.78 is 77.9. The van der Waals surface area contributed by atoms with Crippen LogP contribution >= 0.6 is 0 Å². The van der Waals surface area contributed by atoms with Gasteiger partial charge in [0.2, 0.25) is 11.9 Å². The molecule has 0 amide bonds. The minimum atomic E-state index is -4.68. The smallest absolute Gasteiger partial charge is 0.573 e. The van der Waals surface area contributed by atoms with Gasteiger partial charge in [0.1, 0.15) is 11.4 Å². The van der Waals surface area contributed by atoms with Gasteiger partial charge >= 0.3 is 33.4 Å². The second-order valence-electron chi connectivity index (χ2n) is 7.38. The summed E-state index contributed by atoms with van der Waals surface area (Å²) in [7, 11) is 0. The van der Waals surface area contributed by atoms with Crippen molar-refractivity contribution in [2.45, 2.75) is 12.4 Å². The van der Waals surface area contributed by atoms with Crippen molar-refractivity contribution >= 4 is 17.6 Å². The molecule has 0 aliphatic heterocycles. The van der Waals surface area contributed by atoms with Crippen molar-refractivity contribution in [3.8, 4) is 22.8 Å². The first-order valence-corrected chi connectivity index (χ1v) is 10.3. The molecule has 4 aromatic heterocycles. The number of benzene rings is 1. The molecule has 0 fully saturated rings. The summed E-state index contributed by atoms with van der Waals surface area (Å²) in [5.74, 6) is -0.0797. The van der Waals surface area contributed by atoms with Crippen molar-refractivity contribution in [2.75, 3.05) is 4.90 Å². The van der Waals surface area contributed by atoms with E-state index in [2.05, 4.69) is 40.3 Å². The van der Waals surface area contributed by atoms with Crippen molar-refractivity contribution in [3.63, 3.8) is 0 Å². The third kappa shape index (κ3) is 5.57. The van der Waals surface area contributed by atoms with Crippen LogP contribution in [-0.4, -0.2) is 30.1 Å². The zero-order valence-electron chi connectivity index (χ0n) is 18.5. The van der Waals surface area contributed by atoms with Crippen molar-refractivity contribution in [1.29, 1.82) is 0 Å². The number of aromatic nitrogens is 8. The molecule has 196 valence electrons. The largest absolute Gasteiger partial charge is 2.00 e. The number of alkyl halides is 6. The van der Waals surface area contributed by atoms with Gasteiger partial charge in [-0.1, -0.05) is 29.6 Å². The van der Waals surface area contributed by atoms with Crippen LogP contribution in [0.2, 0.25) is 0 Å². The van der Waals surface area contributed by atoms with E-state index < -0.39 is 23.7 Å². The molecule has 0 bridgehead atoms. The number of halogens is 6. The second kappa shape index (κ2) is 10.3. The molecule has 0 atom stereocenters. The van der Waals surface area contributed by atoms with Gasteiger partial charge in [-0.3, -0.25) is 0 Å². The topological polar surface area (TPSA) is 109 Å². The molecule has 16 heteroatoms. The van der Waals surface area contributed by atoms with Gasteiger partial charge in [-0.05, 0) is 36.4 Å². The van der Waals surface area contributed by atoms with Crippen LogP contribution in [0.15, 0.2) is 67.0 Å². The van der Waals surface area contributed by atoms with Crippen LogP contribution in [-0.2, 0) is 33.4 Å². The number of anilines is 3. The molecule has 0 saturated heterocycles. The molecule has 0 N–H and O–H groups in total. The monoisotopic (exact) mass is 710 g/mol. The van der Waals surface area contributed by atoms with Gasteiger partial charge in [0, 0.05) is 12.4 Å². The molecule has 0 saturated carbocycles. The van der Waals surface area contributed by atoms with Gasteiger partial charge in [-0.2, -0.15) is 26.3 Å². The van der Waals surface area contributed by atoms with Gasteiger partial charge in [0.15, 0.2) is 0 Å². The Morgan fingerprint density at radius 3 is 1.47 bits per heavy atom. The fourth-order valence-corrected chi connectivity index (χ4v) is 3.21. The molecule has 4 heterocycles. The Morgan fingerprint density at radius 1 is 0.632 bits per heavy atom. The summed E-state index contributed by atoms with van der Waals surface area (Å²) in [6, 6.07) is 12.7. The van der Waals surface area contributed by atoms with E-state index in [1.165, 1.54) is 29.4 Å². The molecule has 5 rings (SSSR count). The fourth-order valence-electron chi connectivity index (χ4n) is 3.21. The van der Waals surface area contributed by atoms with Crippen molar-refractivity contribution in [3.05, 3.63) is 78.4 Å². The standard InChI is InChI=1S/C22H11F6N9.Pt/c23-21(24,25)17-10-15(33-35-17)13-6-8-29-19(31-13)37(12-4-2-1-3-5-12)20-30-9-7-14(32-20)16-11-18(36-34-16)22(26,27)28;/h1-11H;/q-2;+2. The first kappa shape index (κ1) is 26.9. The Bertz CT molecular complexity index is 1440. The van der Waals surface area contributed by atoms with Crippen molar-refractivity contribution in [2.24, 2.45) is 0 Å². The maximum Gasteiger partial charge on any atom is 2.00 e. The van der Waals surface area contributed by atoms with Gasteiger partial charge < -0.3 is 20.4 Å². The average Bonchev–Trinajstić information content (AvgIpc) is 3.56. The molecule has 0 aliphatic rings. The Morgan fingerprint density at radius 2 is 1.08 bits per heavy atom. The molecule has 38 heavy (non-hydrogen) atoms. The van der Waals surface area contributed by atoms with Crippen LogP contribution in [0.25, 0.3) is 22.8 Å². The molecule has 9 nitrogen and oxygen atoms in total. The molecule has 1 aromatic carbocycles. The Kier molecular flexibility index (Phi) is 7.31. The van der Waals surface area contributed by atoms with Crippen LogP contribution < -0.4 is 15.1 Å². The molecule has 0 unspecified atom stereocenters. The third-order valence-electron chi connectivity index (χ3n) is 4.88. The van der Waals surface area contributed by atoms with E-state index in [4.69, 9.17) is 0 Å². The normalized spacial score (nSPS) is 11.7. The number of para-hydroxylation sites is 1. The third-order valence-corrected chi connectivity index (χ3v) is 4.88. The molecular formula is C22H11F6N9Pt. The van der Waals surface area contributed by atoms with E-state index in [0.717, 1.165) is 12.1 Å². The van der Waals surface area contributed by atoms with E-state index in [9.17, 15) is 26.3 Å². The summed E-state index contributed by atoms with van der Waals surface area (Å²) in [6.07, 6.45) is -6.75. The van der Waals surface area contributed by atoms with Crippen LogP contribution in [0.4, 0.5) is 43.9 Å². The average molecular weight is 710 g/mol. The van der Waals surface area contributed by atoms with Gasteiger partial charge in [-0.25, -0.2) is 24.8 Å². The maximum absolute atomic E-state index is 13.0. The first-order valence-electron chi connectivity index (χ1n) is 10.3.